The third-order valence-corrected chi connectivity index (χ3v) is 5.35. The molecule has 1 aliphatic heterocycles. The van der Waals surface area contributed by atoms with Gasteiger partial charge in [-0.2, -0.15) is 0 Å². The third-order valence-electron chi connectivity index (χ3n) is 4.42. The molecule has 0 aliphatic carbocycles. The van der Waals surface area contributed by atoms with Crippen LogP contribution in [0.25, 0.3) is 0 Å². The maximum atomic E-state index is 12.2. The summed E-state index contributed by atoms with van der Waals surface area (Å²) in [5, 5.41) is 15.8. The van der Waals surface area contributed by atoms with Crippen molar-refractivity contribution >= 4 is 17.4 Å². The summed E-state index contributed by atoms with van der Waals surface area (Å²) in [5.41, 5.74) is 0.132. The van der Waals surface area contributed by atoms with Crippen molar-refractivity contribution < 1.29 is 9.90 Å². The van der Waals surface area contributed by atoms with Crippen LogP contribution in [0.1, 0.15) is 23.3 Å². The molecular weight excluding hydrogens is 308 g/mol. The molecule has 2 amide bonds. The Hall–Kier alpha value is -1.85. The minimum atomic E-state index is -0.811. The standard InChI is InChI=1S/C18H22N2O2S/c21-17(19-11-8-16-7-4-14-23-16)20-12-9-18(22,10-13-20)15-5-2-1-3-6-15/h1-7,14,22H,8-13H2,(H,19,21). The molecule has 1 aromatic heterocycles. The van der Waals surface area contributed by atoms with Crippen LogP contribution in [-0.2, 0) is 12.0 Å². The fourth-order valence-corrected chi connectivity index (χ4v) is 3.69. The number of nitrogens with one attached hydrogen (secondary N) is 1. The Morgan fingerprint density at radius 1 is 1.17 bits per heavy atom. The normalized spacial score (nSPS) is 17.0. The lowest BCUT2D eigenvalue weighted by Gasteiger charge is -2.38. The Morgan fingerprint density at radius 2 is 1.91 bits per heavy atom. The summed E-state index contributed by atoms with van der Waals surface area (Å²) in [6, 6.07) is 13.8. The van der Waals surface area contributed by atoms with Crippen LogP contribution in [0.5, 0.6) is 0 Å². The number of thiophene rings is 1. The highest BCUT2D eigenvalue weighted by atomic mass is 32.1. The molecule has 1 fully saturated rings. The van der Waals surface area contributed by atoms with Crippen LogP contribution >= 0.6 is 11.3 Å². The average molecular weight is 330 g/mol. The van der Waals surface area contributed by atoms with Gasteiger partial charge in [-0.3, -0.25) is 0 Å². The molecule has 2 heterocycles. The number of likely N-dealkylation sites (tertiary alicyclic amines) is 1. The first-order valence-electron chi connectivity index (χ1n) is 8.00. The second-order valence-electron chi connectivity index (χ2n) is 5.95. The van der Waals surface area contributed by atoms with E-state index in [1.807, 2.05) is 41.8 Å². The zero-order valence-electron chi connectivity index (χ0n) is 13.1. The maximum absolute atomic E-state index is 12.2. The quantitative estimate of drug-likeness (QED) is 0.905. The zero-order valence-corrected chi connectivity index (χ0v) is 13.9. The molecule has 23 heavy (non-hydrogen) atoms. The van der Waals surface area contributed by atoms with Gasteiger partial charge in [0, 0.05) is 24.5 Å². The first kappa shape index (κ1) is 16.0. The molecule has 0 radical (unpaired) electrons. The predicted octanol–water partition coefficient (Wildman–Crippen LogP) is 2.98. The summed E-state index contributed by atoms with van der Waals surface area (Å²) in [4.78, 5) is 15.3. The summed E-state index contributed by atoms with van der Waals surface area (Å²) in [7, 11) is 0. The minimum Gasteiger partial charge on any atom is -0.385 e. The number of aliphatic hydroxyl groups is 1. The third kappa shape index (κ3) is 3.92. The maximum Gasteiger partial charge on any atom is 0.317 e. The van der Waals surface area contributed by atoms with Crippen molar-refractivity contribution in [1.82, 2.24) is 10.2 Å². The van der Waals surface area contributed by atoms with Gasteiger partial charge in [-0.05, 0) is 36.3 Å². The van der Waals surface area contributed by atoms with E-state index in [1.165, 1.54) is 4.88 Å². The molecule has 2 aromatic rings. The Balaban J connectivity index is 1.47. The molecule has 0 bridgehead atoms. The highest BCUT2D eigenvalue weighted by Crippen LogP contribution is 2.32. The molecule has 1 saturated heterocycles. The van der Waals surface area contributed by atoms with Gasteiger partial charge in [0.1, 0.15) is 0 Å². The Labute approximate surface area is 140 Å². The average Bonchev–Trinajstić information content (AvgIpc) is 3.10. The van der Waals surface area contributed by atoms with Gasteiger partial charge >= 0.3 is 6.03 Å². The first-order chi connectivity index (χ1) is 11.2. The van der Waals surface area contributed by atoms with Gasteiger partial charge in [0.25, 0.3) is 0 Å². The molecule has 5 heteroatoms. The topological polar surface area (TPSA) is 52.6 Å². The van der Waals surface area contributed by atoms with E-state index in [4.69, 9.17) is 0 Å². The molecule has 2 N–H and O–H groups in total. The van der Waals surface area contributed by atoms with Crippen molar-refractivity contribution in [2.24, 2.45) is 0 Å². The molecule has 0 atom stereocenters. The molecule has 1 aliphatic rings. The van der Waals surface area contributed by atoms with E-state index < -0.39 is 5.60 Å². The lowest BCUT2D eigenvalue weighted by Crippen LogP contribution is -2.49. The first-order valence-corrected chi connectivity index (χ1v) is 8.88. The van der Waals surface area contributed by atoms with Crippen LogP contribution in [0, 0.1) is 0 Å². The fraction of sp³-hybridized carbons (Fsp3) is 0.389. The van der Waals surface area contributed by atoms with Crippen LogP contribution in [0.15, 0.2) is 47.8 Å². The largest absolute Gasteiger partial charge is 0.385 e. The SMILES string of the molecule is O=C(NCCc1cccs1)N1CCC(O)(c2ccccc2)CC1. The number of nitrogens with zero attached hydrogens (tertiary/aromatic N) is 1. The molecule has 4 nitrogen and oxygen atoms in total. The molecule has 1 aromatic carbocycles. The lowest BCUT2D eigenvalue weighted by atomic mass is 9.84. The number of carbonyl (C=O) groups excluding carboxylic acids is 1. The minimum absolute atomic E-state index is 0.0309. The zero-order chi connectivity index (χ0) is 16.1. The van der Waals surface area contributed by atoms with Crippen LogP contribution in [0.2, 0.25) is 0 Å². The number of urea groups is 1. The van der Waals surface area contributed by atoms with Gasteiger partial charge in [-0.25, -0.2) is 4.79 Å². The van der Waals surface area contributed by atoms with Crippen molar-refractivity contribution in [1.29, 1.82) is 0 Å². The molecule has 0 unspecified atom stereocenters. The van der Waals surface area contributed by atoms with Crippen LogP contribution in [-0.4, -0.2) is 35.7 Å². The number of hydrogen-bond donors (Lipinski definition) is 2. The van der Waals surface area contributed by atoms with Gasteiger partial charge in [0.05, 0.1) is 5.60 Å². The van der Waals surface area contributed by atoms with Crippen molar-refractivity contribution in [2.45, 2.75) is 24.9 Å². The van der Waals surface area contributed by atoms with E-state index in [2.05, 4.69) is 11.4 Å². The Morgan fingerprint density at radius 3 is 2.57 bits per heavy atom. The highest BCUT2D eigenvalue weighted by Gasteiger charge is 2.35. The number of amides is 2. The Kier molecular flexibility index (Phi) is 4.98. The highest BCUT2D eigenvalue weighted by molar-refractivity contribution is 7.09. The number of piperidine rings is 1. The van der Waals surface area contributed by atoms with Gasteiger partial charge in [0.2, 0.25) is 0 Å². The van der Waals surface area contributed by atoms with Gasteiger partial charge in [-0.1, -0.05) is 36.4 Å². The molecule has 0 saturated carbocycles. The summed E-state index contributed by atoms with van der Waals surface area (Å²) in [6.45, 7) is 1.81. The lowest BCUT2D eigenvalue weighted by molar-refractivity contribution is -0.0167. The van der Waals surface area contributed by atoms with E-state index >= 15 is 0 Å². The van der Waals surface area contributed by atoms with E-state index in [0.717, 1.165) is 12.0 Å². The van der Waals surface area contributed by atoms with Gasteiger partial charge < -0.3 is 15.3 Å². The van der Waals surface area contributed by atoms with Crippen LogP contribution < -0.4 is 5.32 Å². The fourth-order valence-electron chi connectivity index (χ4n) is 2.98. The molecule has 122 valence electrons. The van der Waals surface area contributed by atoms with E-state index in [-0.39, 0.29) is 6.03 Å². The van der Waals surface area contributed by atoms with E-state index in [1.54, 1.807) is 16.2 Å². The molecule has 0 spiro atoms. The Bertz CT molecular complexity index is 620. The van der Waals surface area contributed by atoms with Crippen molar-refractivity contribution in [2.75, 3.05) is 19.6 Å². The second kappa shape index (κ2) is 7.15. The van der Waals surface area contributed by atoms with Crippen molar-refractivity contribution in [3.63, 3.8) is 0 Å². The summed E-state index contributed by atoms with van der Waals surface area (Å²) < 4.78 is 0. The molecular formula is C18H22N2O2S. The van der Waals surface area contributed by atoms with Crippen LogP contribution in [0.3, 0.4) is 0 Å². The number of benzene rings is 1. The molecule has 3 rings (SSSR count). The summed E-state index contributed by atoms with van der Waals surface area (Å²) in [6.07, 6.45) is 2.02. The second-order valence-corrected chi connectivity index (χ2v) is 6.98. The smallest absolute Gasteiger partial charge is 0.317 e. The van der Waals surface area contributed by atoms with E-state index in [9.17, 15) is 9.90 Å². The number of rotatable bonds is 4. The van der Waals surface area contributed by atoms with Crippen molar-refractivity contribution in [3.8, 4) is 0 Å². The van der Waals surface area contributed by atoms with Crippen molar-refractivity contribution in [3.05, 3.63) is 58.3 Å². The van der Waals surface area contributed by atoms with Crippen LogP contribution in [0.4, 0.5) is 4.79 Å². The number of hydrogen-bond acceptors (Lipinski definition) is 3. The monoisotopic (exact) mass is 330 g/mol. The summed E-state index contributed by atoms with van der Waals surface area (Å²) in [5.74, 6) is 0. The number of carbonyl (C=O) groups is 1. The summed E-state index contributed by atoms with van der Waals surface area (Å²) >= 11 is 1.71. The van der Waals surface area contributed by atoms with Gasteiger partial charge in [0.15, 0.2) is 0 Å². The van der Waals surface area contributed by atoms with E-state index in [0.29, 0.717) is 32.5 Å². The van der Waals surface area contributed by atoms with Gasteiger partial charge in [-0.15, -0.1) is 11.3 Å². The predicted molar refractivity (Wildman–Crippen MR) is 92.6 cm³/mol.